The normalized spacial score (nSPS) is 13.6. The van der Waals surface area contributed by atoms with Crippen LogP contribution in [-0.2, 0) is 17.6 Å². The molecule has 2 aliphatic heterocycles. The van der Waals surface area contributed by atoms with E-state index in [-0.39, 0.29) is 6.42 Å². The molecule has 210 valence electrons. The maximum absolute atomic E-state index is 9.37. The standard InChI is InChI=1S/C26H28N4.C3H6O2.C2H6.CH5N/c1-6-18-10-20-11-19-7-14(2)21(27-19)12-22-15(3)8-24(29-22)17(5)25-9-16(4)23(30-25)13-26(18)28-20;1-2-3(4)5;2*1-2/h7,9-13,15,27-28H,6,8H2,1-5H3;2H2,1H3,(H,4,5);1-2H3;2H2,1H3. The zero-order chi connectivity index (χ0) is 29.3. The van der Waals surface area contributed by atoms with E-state index in [1.165, 1.54) is 29.3 Å². The number of carbonyl (C=O) groups is 1. The van der Waals surface area contributed by atoms with E-state index < -0.39 is 5.97 Å². The summed E-state index contributed by atoms with van der Waals surface area (Å²) in [7, 11) is 1.50. The quantitative estimate of drug-likeness (QED) is 0.273. The first-order valence-corrected chi connectivity index (χ1v) is 13.9. The van der Waals surface area contributed by atoms with Crippen LogP contribution in [0.5, 0.6) is 0 Å². The zero-order valence-corrected chi connectivity index (χ0v) is 25.0. The van der Waals surface area contributed by atoms with Crippen LogP contribution in [0.15, 0.2) is 30.3 Å². The number of aromatic amines is 2. The molecule has 39 heavy (non-hydrogen) atoms. The molecule has 0 aromatic carbocycles. The van der Waals surface area contributed by atoms with Crippen molar-refractivity contribution in [2.75, 3.05) is 7.05 Å². The molecular formula is C32H45N5O2. The second kappa shape index (κ2) is 14.4. The first-order valence-electron chi connectivity index (χ1n) is 13.9. The summed E-state index contributed by atoms with van der Waals surface area (Å²) in [6.45, 7) is 16.5. The van der Waals surface area contributed by atoms with Crippen LogP contribution in [0.2, 0.25) is 0 Å². The number of aryl methyl sites for hydroxylation is 2. The number of carboxylic acid groups (broad SMARTS) is 1. The van der Waals surface area contributed by atoms with Crippen molar-refractivity contribution in [3.05, 3.63) is 69.8 Å². The predicted octanol–water partition coefficient (Wildman–Crippen LogP) is 7.48. The van der Waals surface area contributed by atoms with Gasteiger partial charge in [-0.1, -0.05) is 34.6 Å². The summed E-state index contributed by atoms with van der Waals surface area (Å²) in [5, 5.41) is 7.72. The third-order valence-corrected chi connectivity index (χ3v) is 6.68. The molecule has 5 heterocycles. The first-order chi connectivity index (χ1) is 18.7. The van der Waals surface area contributed by atoms with E-state index in [9.17, 15) is 4.79 Å². The number of allylic oxidation sites excluding steroid dienone is 1. The Kier molecular flexibility index (Phi) is 11.7. The second-order valence-corrected chi connectivity index (χ2v) is 9.44. The van der Waals surface area contributed by atoms with Crippen LogP contribution in [0.1, 0.15) is 93.3 Å². The van der Waals surface area contributed by atoms with Gasteiger partial charge in [0, 0.05) is 45.8 Å². The average molecular weight is 532 g/mol. The number of nitrogens with zero attached hydrogens (tertiary/aromatic N) is 2. The molecule has 7 nitrogen and oxygen atoms in total. The predicted molar refractivity (Wildman–Crippen MR) is 165 cm³/mol. The van der Waals surface area contributed by atoms with Gasteiger partial charge in [0.1, 0.15) is 0 Å². The highest BCUT2D eigenvalue weighted by Crippen LogP contribution is 2.30. The Labute approximate surface area is 232 Å². The topological polar surface area (TPSA) is 121 Å². The lowest BCUT2D eigenvalue weighted by Gasteiger charge is -2.00. The van der Waals surface area contributed by atoms with Crippen LogP contribution in [0.3, 0.4) is 0 Å². The highest BCUT2D eigenvalue weighted by molar-refractivity contribution is 5.84. The van der Waals surface area contributed by atoms with Crippen LogP contribution in [-0.4, -0.2) is 38.1 Å². The number of carboxylic acids is 1. The lowest BCUT2D eigenvalue weighted by atomic mass is 10.0. The van der Waals surface area contributed by atoms with Crippen molar-refractivity contribution in [2.45, 2.75) is 80.6 Å². The molecule has 0 fully saturated rings. The molecule has 1 unspecified atom stereocenters. The summed E-state index contributed by atoms with van der Waals surface area (Å²) in [4.78, 5) is 26.5. The molecule has 5 rings (SSSR count). The van der Waals surface area contributed by atoms with E-state index in [1.807, 2.05) is 13.8 Å². The Bertz CT molecular complexity index is 1480. The van der Waals surface area contributed by atoms with Crippen molar-refractivity contribution >= 4 is 39.7 Å². The largest absolute Gasteiger partial charge is 0.481 e. The van der Waals surface area contributed by atoms with E-state index >= 15 is 0 Å². The molecule has 0 saturated carbocycles. The third kappa shape index (κ3) is 7.67. The molecule has 0 saturated heterocycles. The number of rotatable bonds is 2. The molecule has 7 heteroatoms. The van der Waals surface area contributed by atoms with Gasteiger partial charge >= 0.3 is 5.97 Å². The van der Waals surface area contributed by atoms with Crippen molar-refractivity contribution in [1.82, 2.24) is 19.9 Å². The van der Waals surface area contributed by atoms with Gasteiger partial charge in [-0.05, 0) is 99.3 Å². The molecule has 0 radical (unpaired) electrons. The van der Waals surface area contributed by atoms with Crippen LogP contribution in [0, 0.1) is 13.8 Å². The number of nitrogens with two attached hydrogens (primary N) is 1. The molecule has 8 bridgehead atoms. The minimum atomic E-state index is -0.745. The molecule has 3 aromatic rings. The zero-order valence-electron chi connectivity index (χ0n) is 25.0. The molecule has 0 spiro atoms. The Balaban J connectivity index is 0.000000527. The number of hydrogen-bond donors (Lipinski definition) is 4. The summed E-state index contributed by atoms with van der Waals surface area (Å²) < 4.78 is 0. The Morgan fingerprint density at radius 2 is 1.59 bits per heavy atom. The van der Waals surface area contributed by atoms with Crippen LogP contribution in [0.25, 0.3) is 33.7 Å². The van der Waals surface area contributed by atoms with Gasteiger partial charge < -0.3 is 20.8 Å². The highest BCUT2D eigenvalue weighted by Gasteiger charge is 2.19. The number of fused-ring (bicyclic) bond motifs is 8. The molecule has 1 atom stereocenters. The number of aliphatic carboxylic acids is 1. The molecule has 3 aromatic heterocycles. The molecule has 0 amide bonds. The van der Waals surface area contributed by atoms with E-state index in [1.54, 1.807) is 6.92 Å². The van der Waals surface area contributed by atoms with Crippen molar-refractivity contribution in [3.63, 3.8) is 0 Å². The highest BCUT2D eigenvalue weighted by atomic mass is 16.4. The summed E-state index contributed by atoms with van der Waals surface area (Å²) in [5.41, 5.74) is 18.2. The van der Waals surface area contributed by atoms with Crippen molar-refractivity contribution < 1.29 is 9.90 Å². The van der Waals surface area contributed by atoms with Gasteiger partial charge in [-0.25, -0.2) is 4.98 Å². The maximum Gasteiger partial charge on any atom is 0.303 e. The van der Waals surface area contributed by atoms with E-state index in [0.717, 1.165) is 57.7 Å². The summed E-state index contributed by atoms with van der Waals surface area (Å²) in [6.07, 6.45) is 4.35. The smallest absolute Gasteiger partial charge is 0.303 e. The molecular weight excluding hydrogens is 486 g/mol. The van der Waals surface area contributed by atoms with Gasteiger partial charge in [0.25, 0.3) is 0 Å². The van der Waals surface area contributed by atoms with Gasteiger partial charge in [-0.3, -0.25) is 9.78 Å². The Morgan fingerprint density at radius 1 is 0.974 bits per heavy atom. The number of aromatic nitrogens is 4. The van der Waals surface area contributed by atoms with E-state index in [0.29, 0.717) is 5.92 Å². The maximum atomic E-state index is 9.37. The minimum Gasteiger partial charge on any atom is -0.481 e. The van der Waals surface area contributed by atoms with Crippen molar-refractivity contribution in [3.8, 4) is 0 Å². The van der Waals surface area contributed by atoms with Crippen LogP contribution in [0.4, 0.5) is 0 Å². The lowest BCUT2D eigenvalue weighted by Crippen LogP contribution is -1.91. The van der Waals surface area contributed by atoms with Crippen LogP contribution < -0.4 is 5.73 Å². The van der Waals surface area contributed by atoms with E-state index in [2.05, 4.69) is 86.7 Å². The van der Waals surface area contributed by atoms with Crippen molar-refractivity contribution in [2.24, 2.45) is 5.73 Å². The summed E-state index contributed by atoms with van der Waals surface area (Å²) >= 11 is 0. The van der Waals surface area contributed by atoms with Gasteiger partial charge in [-0.15, -0.1) is 0 Å². The number of nitrogens with one attached hydrogen (secondary N) is 2. The average Bonchev–Trinajstić information content (AvgIpc) is 3.69. The van der Waals surface area contributed by atoms with Gasteiger partial charge in [-0.2, -0.15) is 0 Å². The monoisotopic (exact) mass is 531 g/mol. The van der Waals surface area contributed by atoms with Crippen LogP contribution >= 0.6 is 0 Å². The summed E-state index contributed by atoms with van der Waals surface area (Å²) in [6, 6.07) is 11.0. The summed E-state index contributed by atoms with van der Waals surface area (Å²) in [5.74, 6) is -0.342. The number of H-pyrrole nitrogens is 2. The Morgan fingerprint density at radius 3 is 2.21 bits per heavy atom. The third-order valence-electron chi connectivity index (χ3n) is 6.68. The van der Waals surface area contributed by atoms with Crippen molar-refractivity contribution in [1.29, 1.82) is 0 Å². The van der Waals surface area contributed by atoms with Gasteiger partial charge in [0.2, 0.25) is 0 Å². The fourth-order valence-electron chi connectivity index (χ4n) is 4.45. The fraction of sp³-hybridized carbons (Fsp3) is 0.406. The molecule has 2 aliphatic rings. The fourth-order valence-corrected chi connectivity index (χ4v) is 4.45. The van der Waals surface area contributed by atoms with E-state index in [4.69, 9.17) is 15.1 Å². The SMILES string of the molecule is CC.CCC(=O)O.CCc1cc2cc3cc(C)c(cc4nc(c(C)c5nc(cc1[nH]2)C(C)=C5)CC4C)[nH]3.CN. The van der Waals surface area contributed by atoms with Gasteiger partial charge in [0.15, 0.2) is 0 Å². The second-order valence-electron chi connectivity index (χ2n) is 9.44. The minimum absolute atomic E-state index is 0.222. The van der Waals surface area contributed by atoms with Gasteiger partial charge in [0.05, 0.1) is 11.4 Å². The molecule has 0 aliphatic carbocycles. The number of hydrogen-bond acceptors (Lipinski definition) is 4. The molecule has 5 N–H and O–H groups in total. The first kappa shape index (κ1) is 31.5. The Hall–Kier alpha value is -3.71. The lowest BCUT2D eigenvalue weighted by molar-refractivity contribution is -0.136.